The Morgan fingerprint density at radius 1 is 1.29 bits per heavy atom. The molecule has 1 N–H and O–H groups in total. The van der Waals surface area contributed by atoms with Gasteiger partial charge < -0.3 is 4.90 Å². The molecular formula is C15H21Cl3FN3OS. The van der Waals surface area contributed by atoms with Crippen LogP contribution in [0.1, 0.15) is 5.56 Å². The van der Waals surface area contributed by atoms with Gasteiger partial charge in [0.2, 0.25) is 5.91 Å². The number of amides is 1. The Labute approximate surface area is 163 Å². The second-order valence-electron chi connectivity index (χ2n) is 5.57. The molecule has 9 heteroatoms. The van der Waals surface area contributed by atoms with Crippen LogP contribution in [0.25, 0.3) is 0 Å². The van der Waals surface area contributed by atoms with Gasteiger partial charge in [0.1, 0.15) is 5.82 Å². The number of nitrogens with zero attached hydrogens (tertiary/aromatic N) is 2. The molecule has 2 aliphatic heterocycles. The van der Waals surface area contributed by atoms with Crippen LogP contribution in [0.2, 0.25) is 5.02 Å². The van der Waals surface area contributed by atoms with Gasteiger partial charge in [0.25, 0.3) is 0 Å². The molecule has 0 aliphatic carbocycles. The lowest BCUT2D eigenvalue weighted by Crippen LogP contribution is -2.53. The molecule has 2 heterocycles. The third kappa shape index (κ3) is 5.13. The minimum Gasteiger partial charge on any atom is -0.339 e. The minimum atomic E-state index is -0.266. The summed E-state index contributed by atoms with van der Waals surface area (Å²) < 4.78 is 13.8. The monoisotopic (exact) mass is 415 g/mol. The standard InChI is InChI=1S/C15H19ClFN3OS.2ClH/c16-12-2-1-3-13(17)11(12)8-19-4-6-20(7-5-19)15(21)14-9-22-10-18-14;;/h1-3,14,18H,4-10H2;2*1H. The smallest absolute Gasteiger partial charge is 0.240 e. The Balaban J connectivity index is 0.00000144. The van der Waals surface area contributed by atoms with Crippen molar-refractivity contribution in [2.45, 2.75) is 12.6 Å². The molecule has 2 aliphatic rings. The molecule has 0 saturated carbocycles. The van der Waals surface area contributed by atoms with Crippen LogP contribution in [-0.4, -0.2) is 59.6 Å². The molecule has 1 aromatic rings. The number of carbonyl (C=O) groups is 1. The zero-order valence-electron chi connectivity index (χ0n) is 13.0. The number of hydrogen-bond acceptors (Lipinski definition) is 4. The molecule has 4 nitrogen and oxygen atoms in total. The summed E-state index contributed by atoms with van der Waals surface area (Å²) in [6, 6.07) is 4.72. The molecule has 0 aromatic heterocycles. The van der Waals surface area contributed by atoms with Crippen molar-refractivity contribution in [3.63, 3.8) is 0 Å². The minimum absolute atomic E-state index is 0. The third-order valence-electron chi connectivity index (χ3n) is 4.14. The van der Waals surface area contributed by atoms with Crippen LogP contribution >= 0.6 is 48.2 Å². The number of thioether (sulfide) groups is 1. The van der Waals surface area contributed by atoms with E-state index >= 15 is 0 Å². The quantitative estimate of drug-likeness (QED) is 0.822. The topological polar surface area (TPSA) is 35.6 Å². The van der Waals surface area contributed by atoms with Crippen LogP contribution in [0, 0.1) is 5.82 Å². The zero-order valence-corrected chi connectivity index (χ0v) is 16.2. The first-order chi connectivity index (χ1) is 10.6. The van der Waals surface area contributed by atoms with E-state index in [4.69, 9.17) is 11.6 Å². The average molecular weight is 417 g/mol. The van der Waals surface area contributed by atoms with E-state index in [1.165, 1.54) is 6.07 Å². The number of carbonyl (C=O) groups excluding carboxylic acids is 1. The molecule has 1 atom stereocenters. The van der Waals surface area contributed by atoms with Gasteiger partial charge in [0.05, 0.1) is 6.04 Å². The van der Waals surface area contributed by atoms with Crippen LogP contribution in [-0.2, 0) is 11.3 Å². The summed E-state index contributed by atoms with van der Waals surface area (Å²) in [6.45, 7) is 3.36. The van der Waals surface area contributed by atoms with Crippen LogP contribution in [0.4, 0.5) is 4.39 Å². The van der Waals surface area contributed by atoms with E-state index in [1.807, 2.05) is 4.90 Å². The first kappa shape index (κ1) is 21.8. The Hall–Kier alpha value is -0.240. The van der Waals surface area contributed by atoms with E-state index < -0.39 is 0 Å². The normalized spacial score (nSPS) is 21.1. The highest BCUT2D eigenvalue weighted by Gasteiger charge is 2.29. The Morgan fingerprint density at radius 3 is 2.58 bits per heavy atom. The SMILES string of the molecule is Cl.Cl.O=C(C1CSCN1)N1CCN(Cc2c(F)cccc2Cl)CC1. The molecule has 1 unspecified atom stereocenters. The maximum absolute atomic E-state index is 13.8. The molecule has 0 spiro atoms. The summed E-state index contributed by atoms with van der Waals surface area (Å²) >= 11 is 7.83. The Bertz CT molecular complexity index is 533. The number of nitrogens with one attached hydrogen (secondary N) is 1. The van der Waals surface area contributed by atoms with Crippen LogP contribution in [0.3, 0.4) is 0 Å². The number of hydrogen-bond donors (Lipinski definition) is 1. The van der Waals surface area contributed by atoms with Gasteiger partial charge in [-0.15, -0.1) is 36.6 Å². The van der Waals surface area contributed by atoms with Crippen molar-refractivity contribution in [3.05, 3.63) is 34.6 Å². The van der Waals surface area contributed by atoms with Gasteiger partial charge in [-0.2, -0.15) is 0 Å². The number of rotatable bonds is 3. The predicted molar refractivity (Wildman–Crippen MR) is 102 cm³/mol. The number of piperazine rings is 1. The Kier molecular flexibility index (Phi) is 9.12. The maximum Gasteiger partial charge on any atom is 0.240 e. The molecule has 136 valence electrons. The van der Waals surface area contributed by atoms with Crippen molar-refractivity contribution in [1.82, 2.24) is 15.1 Å². The molecule has 2 fully saturated rings. The van der Waals surface area contributed by atoms with Crippen molar-refractivity contribution in [2.24, 2.45) is 0 Å². The zero-order chi connectivity index (χ0) is 15.5. The molecule has 2 saturated heterocycles. The lowest BCUT2D eigenvalue weighted by molar-refractivity contribution is -0.134. The maximum atomic E-state index is 13.8. The fourth-order valence-electron chi connectivity index (χ4n) is 2.81. The van der Waals surface area contributed by atoms with Crippen molar-refractivity contribution >= 4 is 54.1 Å². The van der Waals surface area contributed by atoms with Gasteiger partial charge in [0.15, 0.2) is 0 Å². The molecule has 1 aromatic carbocycles. The molecule has 24 heavy (non-hydrogen) atoms. The van der Waals surface area contributed by atoms with Gasteiger partial charge in [-0.1, -0.05) is 17.7 Å². The highest BCUT2D eigenvalue weighted by molar-refractivity contribution is 7.99. The van der Waals surface area contributed by atoms with E-state index in [-0.39, 0.29) is 42.6 Å². The predicted octanol–water partition coefficient (Wildman–Crippen LogP) is 2.63. The largest absolute Gasteiger partial charge is 0.339 e. The molecule has 3 rings (SSSR count). The fraction of sp³-hybridized carbons (Fsp3) is 0.533. The van der Waals surface area contributed by atoms with Gasteiger partial charge in [-0.05, 0) is 12.1 Å². The number of benzene rings is 1. The van der Waals surface area contributed by atoms with E-state index in [0.717, 1.165) is 24.7 Å². The van der Waals surface area contributed by atoms with Gasteiger partial charge in [-0.25, -0.2) is 4.39 Å². The van der Waals surface area contributed by atoms with Crippen molar-refractivity contribution in [3.8, 4) is 0 Å². The van der Waals surface area contributed by atoms with E-state index in [0.29, 0.717) is 30.2 Å². The molecule has 0 radical (unpaired) electrons. The first-order valence-corrected chi connectivity index (χ1v) is 8.93. The fourth-order valence-corrected chi connectivity index (χ4v) is 3.96. The van der Waals surface area contributed by atoms with Gasteiger partial charge in [-0.3, -0.25) is 15.0 Å². The summed E-state index contributed by atoms with van der Waals surface area (Å²) in [4.78, 5) is 16.4. The average Bonchev–Trinajstić information content (AvgIpc) is 3.05. The van der Waals surface area contributed by atoms with Crippen molar-refractivity contribution < 1.29 is 9.18 Å². The second kappa shape index (κ2) is 10.0. The van der Waals surface area contributed by atoms with E-state index in [2.05, 4.69) is 10.2 Å². The lowest BCUT2D eigenvalue weighted by atomic mass is 10.1. The molecule has 0 bridgehead atoms. The van der Waals surface area contributed by atoms with E-state index in [1.54, 1.807) is 23.9 Å². The highest BCUT2D eigenvalue weighted by atomic mass is 35.5. The van der Waals surface area contributed by atoms with Crippen molar-refractivity contribution in [2.75, 3.05) is 37.8 Å². The summed E-state index contributed by atoms with van der Waals surface area (Å²) in [5, 5.41) is 3.67. The van der Waals surface area contributed by atoms with E-state index in [9.17, 15) is 9.18 Å². The summed E-state index contributed by atoms with van der Waals surface area (Å²) in [5.74, 6) is 1.62. The van der Waals surface area contributed by atoms with Gasteiger partial charge >= 0.3 is 0 Å². The summed E-state index contributed by atoms with van der Waals surface area (Å²) in [6.07, 6.45) is 0. The number of halogens is 4. The first-order valence-electron chi connectivity index (χ1n) is 7.40. The summed E-state index contributed by atoms with van der Waals surface area (Å²) in [7, 11) is 0. The highest BCUT2D eigenvalue weighted by Crippen LogP contribution is 2.21. The Morgan fingerprint density at radius 2 is 2.00 bits per heavy atom. The third-order valence-corrected chi connectivity index (χ3v) is 5.44. The van der Waals surface area contributed by atoms with Gasteiger partial charge in [0, 0.05) is 54.9 Å². The second-order valence-corrected chi connectivity index (χ2v) is 7.01. The molecule has 1 amide bonds. The lowest BCUT2D eigenvalue weighted by Gasteiger charge is -2.36. The van der Waals surface area contributed by atoms with Crippen LogP contribution in [0.15, 0.2) is 18.2 Å². The van der Waals surface area contributed by atoms with Crippen LogP contribution < -0.4 is 5.32 Å². The van der Waals surface area contributed by atoms with Crippen molar-refractivity contribution in [1.29, 1.82) is 0 Å². The summed E-state index contributed by atoms with van der Waals surface area (Å²) in [5.41, 5.74) is 0.540. The molecular weight excluding hydrogens is 396 g/mol. The van der Waals surface area contributed by atoms with Crippen LogP contribution in [0.5, 0.6) is 0 Å².